The maximum absolute atomic E-state index is 9.55. The highest BCUT2D eigenvalue weighted by atomic mass is 16.5. The van der Waals surface area contributed by atoms with E-state index in [0.29, 0.717) is 6.61 Å². The fourth-order valence-electron chi connectivity index (χ4n) is 1.49. The highest BCUT2D eigenvalue weighted by molar-refractivity contribution is 4.94. The Hall–Kier alpha value is -0.540. The minimum absolute atomic E-state index is 0.145. The molecule has 0 saturated heterocycles. The summed E-state index contributed by atoms with van der Waals surface area (Å²) in [4.78, 5) is 0. The maximum atomic E-state index is 9.55. The van der Waals surface area contributed by atoms with Crippen LogP contribution in [0.1, 0.15) is 39.0 Å². The fraction of sp³-hybridized carbons (Fsp3) is 0.833. The highest BCUT2D eigenvalue weighted by Gasteiger charge is 2.10. The summed E-state index contributed by atoms with van der Waals surface area (Å²) in [5.74, 6) is 0. The van der Waals surface area contributed by atoms with E-state index < -0.39 is 0 Å². The number of aliphatic hydroxyl groups excluding tert-OH is 1. The lowest BCUT2D eigenvalue weighted by atomic mass is 10.1. The summed E-state index contributed by atoms with van der Waals surface area (Å²) in [5, 5.41) is 9.55. The largest absolute Gasteiger partial charge is 0.492 e. The maximum Gasteiger partial charge on any atom is 0.142 e. The van der Waals surface area contributed by atoms with Crippen molar-refractivity contribution < 1.29 is 14.6 Å². The van der Waals surface area contributed by atoms with Crippen LogP contribution in [0.3, 0.4) is 0 Å². The van der Waals surface area contributed by atoms with Gasteiger partial charge in [0.25, 0.3) is 0 Å². The first-order chi connectivity index (χ1) is 7.33. The van der Waals surface area contributed by atoms with E-state index in [1.807, 2.05) is 6.08 Å². The van der Waals surface area contributed by atoms with Crippen LogP contribution in [-0.4, -0.2) is 30.5 Å². The molecule has 88 valence electrons. The lowest BCUT2D eigenvalue weighted by Gasteiger charge is -2.19. The van der Waals surface area contributed by atoms with Gasteiger partial charge in [0, 0.05) is 6.61 Å². The van der Waals surface area contributed by atoms with E-state index in [1.165, 1.54) is 0 Å². The van der Waals surface area contributed by atoms with Gasteiger partial charge in [-0.1, -0.05) is 19.8 Å². The SMILES string of the molecule is CCCCC(O)CCCOCC1C=CO1. The smallest absolute Gasteiger partial charge is 0.142 e. The summed E-state index contributed by atoms with van der Waals surface area (Å²) in [7, 11) is 0. The molecule has 1 rings (SSSR count). The molecule has 0 aromatic heterocycles. The molecule has 0 aromatic rings. The Kier molecular flexibility index (Phi) is 6.44. The van der Waals surface area contributed by atoms with E-state index in [9.17, 15) is 5.11 Å². The van der Waals surface area contributed by atoms with Crippen molar-refractivity contribution in [2.75, 3.05) is 13.2 Å². The van der Waals surface area contributed by atoms with Gasteiger partial charge < -0.3 is 14.6 Å². The minimum atomic E-state index is -0.145. The molecule has 2 atom stereocenters. The molecule has 1 N–H and O–H groups in total. The second kappa shape index (κ2) is 7.71. The number of hydrogen-bond acceptors (Lipinski definition) is 3. The number of rotatable bonds is 9. The van der Waals surface area contributed by atoms with Crippen LogP contribution in [0, 0.1) is 0 Å². The average Bonchev–Trinajstić information content (AvgIpc) is 2.17. The van der Waals surface area contributed by atoms with Gasteiger partial charge in [0.05, 0.1) is 19.0 Å². The Bertz CT molecular complexity index is 180. The third kappa shape index (κ3) is 5.80. The van der Waals surface area contributed by atoms with Crippen LogP contribution in [0.25, 0.3) is 0 Å². The molecule has 3 nitrogen and oxygen atoms in total. The Morgan fingerprint density at radius 3 is 2.73 bits per heavy atom. The first kappa shape index (κ1) is 12.5. The predicted octanol–water partition coefficient (Wildman–Crippen LogP) is 2.25. The van der Waals surface area contributed by atoms with Crippen molar-refractivity contribution in [2.45, 2.75) is 51.2 Å². The standard InChI is InChI=1S/C12H22O3/c1-2-3-5-11(13)6-4-8-14-10-12-7-9-15-12/h7,9,11-13H,2-6,8,10H2,1H3. The molecule has 1 aliphatic heterocycles. The molecular formula is C12H22O3. The van der Waals surface area contributed by atoms with Gasteiger partial charge in [0.15, 0.2) is 0 Å². The van der Waals surface area contributed by atoms with Gasteiger partial charge in [0.2, 0.25) is 0 Å². The van der Waals surface area contributed by atoms with Crippen LogP contribution in [0.5, 0.6) is 0 Å². The van der Waals surface area contributed by atoms with E-state index in [4.69, 9.17) is 9.47 Å². The molecule has 2 unspecified atom stereocenters. The van der Waals surface area contributed by atoms with Crippen molar-refractivity contribution in [3.05, 3.63) is 12.3 Å². The third-order valence-electron chi connectivity index (χ3n) is 2.55. The van der Waals surface area contributed by atoms with Gasteiger partial charge in [-0.25, -0.2) is 0 Å². The monoisotopic (exact) mass is 214 g/mol. The Morgan fingerprint density at radius 1 is 1.40 bits per heavy atom. The van der Waals surface area contributed by atoms with Gasteiger partial charge in [-0.2, -0.15) is 0 Å². The lowest BCUT2D eigenvalue weighted by Crippen LogP contribution is -2.21. The number of hydrogen-bond donors (Lipinski definition) is 1. The number of aliphatic hydroxyl groups is 1. The highest BCUT2D eigenvalue weighted by Crippen LogP contribution is 2.08. The zero-order chi connectivity index (χ0) is 10.9. The van der Waals surface area contributed by atoms with Gasteiger partial charge >= 0.3 is 0 Å². The molecule has 0 aromatic carbocycles. The fourth-order valence-corrected chi connectivity index (χ4v) is 1.49. The van der Waals surface area contributed by atoms with Crippen LogP contribution >= 0.6 is 0 Å². The summed E-state index contributed by atoms with van der Waals surface area (Å²) >= 11 is 0. The summed E-state index contributed by atoms with van der Waals surface area (Å²) in [6.45, 7) is 3.50. The molecule has 0 fully saturated rings. The molecular weight excluding hydrogens is 192 g/mol. The van der Waals surface area contributed by atoms with Crippen LogP contribution < -0.4 is 0 Å². The molecule has 0 bridgehead atoms. The zero-order valence-corrected chi connectivity index (χ0v) is 9.52. The first-order valence-electron chi connectivity index (χ1n) is 5.91. The second-order valence-electron chi connectivity index (χ2n) is 4.02. The molecule has 0 saturated carbocycles. The van der Waals surface area contributed by atoms with Crippen LogP contribution in [0.2, 0.25) is 0 Å². The molecule has 0 radical (unpaired) electrons. The van der Waals surface area contributed by atoms with E-state index >= 15 is 0 Å². The van der Waals surface area contributed by atoms with Crippen molar-refractivity contribution in [2.24, 2.45) is 0 Å². The molecule has 1 heterocycles. The van der Waals surface area contributed by atoms with E-state index in [-0.39, 0.29) is 12.2 Å². The van der Waals surface area contributed by atoms with Crippen molar-refractivity contribution in [1.29, 1.82) is 0 Å². The van der Waals surface area contributed by atoms with Crippen LogP contribution in [-0.2, 0) is 9.47 Å². The first-order valence-corrected chi connectivity index (χ1v) is 5.91. The number of unbranched alkanes of at least 4 members (excludes halogenated alkanes) is 1. The van der Waals surface area contributed by atoms with E-state index in [2.05, 4.69) is 6.92 Å². The Morgan fingerprint density at radius 2 is 2.13 bits per heavy atom. The summed E-state index contributed by atoms with van der Waals surface area (Å²) < 4.78 is 10.5. The lowest BCUT2D eigenvalue weighted by molar-refractivity contribution is 0.0234. The molecule has 0 spiro atoms. The average molecular weight is 214 g/mol. The molecule has 0 amide bonds. The van der Waals surface area contributed by atoms with Gasteiger partial charge in [-0.05, 0) is 25.3 Å². The second-order valence-corrected chi connectivity index (χ2v) is 4.02. The van der Waals surface area contributed by atoms with Crippen LogP contribution in [0.4, 0.5) is 0 Å². The normalized spacial score (nSPS) is 20.8. The van der Waals surface area contributed by atoms with Crippen molar-refractivity contribution >= 4 is 0 Å². The summed E-state index contributed by atoms with van der Waals surface area (Å²) in [5.41, 5.74) is 0. The van der Waals surface area contributed by atoms with Crippen molar-refractivity contribution in [3.63, 3.8) is 0 Å². The number of ether oxygens (including phenoxy) is 2. The van der Waals surface area contributed by atoms with E-state index in [1.54, 1.807) is 6.26 Å². The Balaban J connectivity index is 1.81. The van der Waals surface area contributed by atoms with Gasteiger partial charge in [-0.3, -0.25) is 0 Å². The quantitative estimate of drug-likeness (QED) is 0.598. The molecule has 0 aliphatic carbocycles. The Labute approximate surface area is 92.1 Å². The third-order valence-corrected chi connectivity index (χ3v) is 2.55. The topological polar surface area (TPSA) is 38.7 Å². The molecule has 1 aliphatic rings. The van der Waals surface area contributed by atoms with Gasteiger partial charge in [0.1, 0.15) is 6.10 Å². The van der Waals surface area contributed by atoms with Gasteiger partial charge in [-0.15, -0.1) is 0 Å². The summed E-state index contributed by atoms with van der Waals surface area (Å²) in [6.07, 6.45) is 8.65. The van der Waals surface area contributed by atoms with Crippen molar-refractivity contribution in [1.82, 2.24) is 0 Å². The minimum Gasteiger partial charge on any atom is -0.492 e. The molecule has 15 heavy (non-hydrogen) atoms. The predicted molar refractivity (Wildman–Crippen MR) is 59.6 cm³/mol. The van der Waals surface area contributed by atoms with Crippen LogP contribution in [0.15, 0.2) is 12.3 Å². The summed E-state index contributed by atoms with van der Waals surface area (Å²) in [6, 6.07) is 0. The van der Waals surface area contributed by atoms with E-state index in [0.717, 1.165) is 38.7 Å². The molecule has 3 heteroatoms. The van der Waals surface area contributed by atoms with Crippen molar-refractivity contribution in [3.8, 4) is 0 Å². The zero-order valence-electron chi connectivity index (χ0n) is 9.52.